The Hall–Kier alpha value is -0.810. The van der Waals surface area contributed by atoms with Crippen molar-refractivity contribution >= 4 is 17.3 Å². The number of nitrogens with one attached hydrogen (secondary N) is 1. The summed E-state index contributed by atoms with van der Waals surface area (Å²) < 4.78 is 0. The molecule has 0 aliphatic carbocycles. The molecule has 0 aromatic heterocycles. The van der Waals surface area contributed by atoms with Gasteiger partial charge < -0.3 is 15.3 Å². The van der Waals surface area contributed by atoms with Gasteiger partial charge in [0.15, 0.2) is 0 Å². The molecule has 4 nitrogen and oxygen atoms in total. The summed E-state index contributed by atoms with van der Waals surface area (Å²) in [4.78, 5) is 4.65. The zero-order chi connectivity index (χ0) is 15.2. The van der Waals surface area contributed by atoms with Crippen molar-refractivity contribution in [2.24, 2.45) is 0 Å². The second-order valence-corrected chi connectivity index (χ2v) is 5.94. The van der Waals surface area contributed by atoms with Crippen molar-refractivity contribution in [1.29, 1.82) is 0 Å². The smallest absolute Gasteiger partial charge is 0.0558 e. The Balaban J connectivity index is 2.00. The Morgan fingerprint density at radius 2 is 2.00 bits per heavy atom. The first-order valence-corrected chi connectivity index (χ1v) is 8.14. The van der Waals surface area contributed by atoms with Gasteiger partial charge in [0, 0.05) is 49.5 Å². The van der Waals surface area contributed by atoms with E-state index in [0.717, 1.165) is 49.9 Å². The summed E-state index contributed by atoms with van der Waals surface area (Å²) in [5.74, 6) is 0. The van der Waals surface area contributed by atoms with Gasteiger partial charge in [-0.2, -0.15) is 0 Å². The van der Waals surface area contributed by atoms with E-state index < -0.39 is 0 Å². The number of hydrogen-bond donors (Lipinski definition) is 2. The summed E-state index contributed by atoms with van der Waals surface area (Å²) in [6, 6.07) is 6.65. The predicted octanol–water partition coefficient (Wildman–Crippen LogP) is 2.12. The largest absolute Gasteiger partial charge is 0.395 e. The minimum absolute atomic E-state index is 0.239. The summed E-state index contributed by atoms with van der Waals surface area (Å²) in [5.41, 5.74) is 2.34. The molecule has 2 rings (SSSR count). The lowest BCUT2D eigenvalue weighted by Gasteiger charge is -2.36. The molecule has 1 saturated heterocycles. The second-order valence-electron chi connectivity index (χ2n) is 5.54. The maximum Gasteiger partial charge on any atom is 0.0558 e. The molecule has 1 aliphatic heterocycles. The van der Waals surface area contributed by atoms with E-state index in [1.54, 1.807) is 0 Å². The number of halogens is 1. The number of aliphatic hydroxyl groups excluding tert-OH is 1. The van der Waals surface area contributed by atoms with Crippen LogP contribution in [0.1, 0.15) is 25.5 Å². The average molecular weight is 312 g/mol. The first-order chi connectivity index (χ1) is 10.2. The lowest BCUT2D eigenvalue weighted by molar-refractivity contribution is 0.189. The number of piperazine rings is 1. The topological polar surface area (TPSA) is 38.7 Å². The number of aliphatic hydroxyl groups is 1. The minimum Gasteiger partial charge on any atom is -0.395 e. The maximum absolute atomic E-state index is 8.99. The molecule has 1 fully saturated rings. The van der Waals surface area contributed by atoms with Crippen LogP contribution >= 0.6 is 11.6 Å². The van der Waals surface area contributed by atoms with Crippen LogP contribution in [0.3, 0.4) is 0 Å². The van der Waals surface area contributed by atoms with E-state index in [2.05, 4.69) is 47.2 Å². The van der Waals surface area contributed by atoms with E-state index in [1.165, 1.54) is 5.69 Å². The highest BCUT2D eigenvalue weighted by Gasteiger charge is 2.18. The zero-order valence-corrected chi connectivity index (χ0v) is 13.7. The Morgan fingerprint density at radius 1 is 1.29 bits per heavy atom. The van der Waals surface area contributed by atoms with Gasteiger partial charge >= 0.3 is 0 Å². The molecule has 0 amide bonds. The highest BCUT2D eigenvalue weighted by Crippen LogP contribution is 2.28. The number of β-amino-alcohol motifs (C(OH)–C–C–N with tert-alkyl or cyclic N) is 1. The van der Waals surface area contributed by atoms with E-state index in [1.807, 2.05) is 0 Å². The van der Waals surface area contributed by atoms with E-state index in [4.69, 9.17) is 16.7 Å². The van der Waals surface area contributed by atoms with Gasteiger partial charge in [-0.3, -0.25) is 4.90 Å². The molecule has 1 unspecified atom stereocenters. The number of hydrogen-bond acceptors (Lipinski definition) is 4. The van der Waals surface area contributed by atoms with Crippen LogP contribution in [0.5, 0.6) is 0 Å². The van der Waals surface area contributed by atoms with Gasteiger partial charge in [0.25, 0.3) is 0 Å². The van der Waals surface area contributed by atoms with Crippen LogP contribution in [-0.4, -0.2) is 55.9 Å². The quantitative estimate of drug-likeness (QED) is 0.844. The number of nitrogens with zero attached hydrogens (tertiary/aromatic N) is 2. The van der Waals surface area contributed by atoms with Gasteiger partial charge in [-0.15, -0.1) is 0 Å². The third-order valence-electron chi connectivity index (χ3n) is 4.11. The molecule has 1 atom stereocenters. The third-order valence-corrected chi connectivity index (χ3v) is 4.44. The van der Waals surface area contributed by atoms with Crippen molar-refractivity contribution in [1.82, 2.24) is 10.2 Å². The lowest BCUT2D eigenvalue weighted by atomic mass is 10.1. The van der Waals surface area contributed by atoms with Crippen molar-refractivity contribution in [3.05, 3.63) is 28.8 Å². The SMILES string of the molecule is CCNC(C)c1ccc(N2CCN(CCO)CC2)cc1Cl. The molecule has 1 aromatic carbocycles. The van der Waals surface area contributed by atoms with Crippen molar-refractivity contribution in [2.45, 2.75) is 19.9 Å². The fourth-order valence-electron chi connectivity index (χ4n) is 2.85. The molecular weight excluding hydrogens is 286 g/mol. The molecular formula is C16H26ClN3O. The van der Waals surface area contributed by atoms with Crippen LogP contribution in [0.4, 0.5) is 5.69 Å². The van der Waals surface area contributed by atoms with Crippen molar-refractivity contribution in [2.75, 3.05) is 50.8 Å². The van der Waals surface area contributed by atoms with Gasteiger partial charge in [0.1, 0.15) is 0 Å². The summed E-state index contributed by atoms with van der Waals surface area (Å²) in [6.45, 7) is 10.1. The van der Waals surface area contributed by atoms with Crippen molar-refractivity contribution in [3.8, 4) is 0 Å². The first-order valence-electron chi connectivity index (χ1n) is 7.76. The third kappa shape index (κ3) is 4.33. The number of rotatable bonds is 6. The molecule has 1 aromatic rings. The molecule has 2 N–H and O–H groups in total. The predicted molar refractivity (Wildman–Crippen MR) is 89.3 cm³/mol. The van der Waals surface area contributed by atoms with Crippen LogP contribution in [0.15, 0.2) is 18.2 Å². The number of anilines is 1. The monoisotopic (exact) mass is 311 g/mol. The molecule has 0 saturated carbocycles. The molecule has 0 bridgehead atoms. The van der Waals surface area contributed by atoms with E-state index in [-0.39, 0.29) is 12.6 Å². The van der Waals surface area contributed by atoms with Crippen LogP contribution in [-0.2, 0) is 0 Å². The van der Waals surface area contributed by atoms with Gasteiger partial charge in [-0.05, 0) is 31.2 Å². The van der Waals surface area contributed by atoms with Crippen LogP contribution in [0.2, 0.25) is 5.02 Å². The van der Waals surface area contributed by atoms with E-state index in [0.29, 0.717) is 0 Å². The fourth-order valence-corrected chi connectivity index (χ4v) is 3.19. The van der Waals surface area contributed by atoms with Crippen molar-refractivity contribution < 1.29 is 5.11 Å². The molecule has 1 heterocycles. The summed E-state index contributed by atoms with van der Waals surface area (Å²) in [6.07, 6.45) is 0. The van der Waals surface area contributed by atoms with Crippen molar-refractivity contribution in [3.63, 3.8) is 0 Å². The number of benzene rings is 1. The Morgan fingerprint density at radius 3 is 2.57 bits per heavy atom. The molecule has 21 heavy (non-hydrogen) atoms. The zero-order valence-electron chi connectivity index (χ0n) is 13.0. The lowest BCUT2D eigenvalue weighted by Crippen LogP contribution is -2.47. The highest BCUT2D eigenvalue weighted by atomic mass is 35.5. The van der Waals surface area contributed by atoms with Gasteiger partial charge in [-0.1, -0.05) is 24.6 Å². The Labute approximate surface area is 132 Å². The standard InChI is InChI=1S/C16H26ClN3O/c1-3-18-13(2)15-5-4-14(12-16(15)17)20-8-6-19(7-9-20)10-11-21/h4-5,12-13,18,21H,3,6-11H2,1-2H3. The second kappa shape index (κ2) is 7.99. The summed E-state index contributed by atoms with van der Waals surface area (Å²) in [7, 11) is 0. The molecule has 5 heteroatoms. The van der Waals surface area contributed by atoms with E-state index >= 15 is 0 Å². The highest BCUT2D eigenvalue weighted by molar-refractivity contribution is 6.31. The molecule has 118 valence electrons. The van der Waals surface area contributed by atoms with Crippen LogP contribution in [0, 0.1) is 0 Å². The Kier molecular flexibility index (Phi) is 6.30. The van der Waals surface area contributed by atoms with Crippen LogP contribution < -0.4 is 10.2 Å². The first kappa shape index (κ1) is 16.6. The normalized spacial score (nSPS) is 18.0. The summed E-state index contributed by atoms with van der Waals surface area (Å²) in [5, 5.41) is 13.2. The average Bonchev–Trinajstić information content (AvgIpc) is 2.48. The van der Waals surface area contributed by atoms with E-state index in [9.17, 15) is 0 Å². The van der Waals surface area contributed by atoms with Gasteiger partial charge in [0.2, 0.25) is 0 Å². The van der Waals surface area contributed by atoms with Gasteiger partial charge in [-0.25, -0.2) is 0 Å². The van der Waals surface area contributed by atoms with Crippen LogP contribution in [0.25, 0.3) is 0 Å². The molecule has 0 spiro atoms. The molecule has 1 aliphatic rings. The molecule has 0 radical (unpaired) electrons. The fraction of sp³-hybridized carbons (Fsp3) is 0.625. The summed E-state index contributed by atoms with van der Waals surface area (Å²) >= 11 is 6.45. The minimum atomic E-state index is 0.239. The van der Waals surface area contributed by atoms with Gasteiger partial charge in [0.05, 0.1) is 6.61 Å². The Bertz CT molecular complexity index is 447. The maximum atomic E-state index is 8.99.